The average molecular weight is 202 g/mol. The van der Waals surface area contributed by atoms with E-state index in [0.717, 1.165) is 0 Å². The molecule has 0 aliphatic carbocycles. The van der Waals surface area contributed by atoms with Crippen LogP contribution in [0.15, 0.2) is 11.6 Å². The van der Waals surface area contributed by atoms with Crippen LogP contribution in [0.4, 0.5) is 4.79 Å². The van der Waals surface area contributed by atoms with Crippen molar-refractivity contribution in [2.24, 2.45) is 0 Å². The van der Waals surface area contributed by atoms with E-state index >= 15 is 0 Å². The predicted molar refractivity (Wildman–Crippen MR) is 49.0 cm³/mol. The molecular formula is C9H14O5. The highest BCUT2D eigenvalue weighted by atomic mass is 16.8. The molecular weight excluding hydrogens is 188 g/mol. The Hall–Kier alpha value is -1.52. The van der Waals surface area contributed by atoms with Gasteiger partial charge in [0, 0.05) is 5.57 Å². The number of carboxylic acid groups (broad SMARTS) is 1. The first-order valence-corrected chi connectivity index (χ1v) is 4.17. The van der Waals surface area contributed by atoms with E-state index in [-0.39, 0.29) is 6.10 Å². The molecule has 1 saturated heterocycles. The first-order valence-electron chi connectivity index (χ1n) is 4.17. The van der Waals surface area contributed by atoms with E-state index in [2.05, 4.69) is 9.47 Å². The van der Waals surface area contributed by atoms with Crippen molar-refractivity contribution in [2.45, 2.75) is 26.9 Å². The number of aliphatic carboxylic acids is 1. The van der Waals surface area contributed by atoms with Gasteiger partial charge in [-0.25, -0.2) is 9.59 Å². The molecule has 80 valence electrons. The van der Waals surface area contributed by atoms with Gasteiger partial charge < -0.3 is 14.6 Å². The summed E-state index contributed by atoms with van der Waals surface area (Å²) in [6, 6.07) is 0. The van der Waals surface area contributed by atoms with Crippen LogP contribution in [0.3, 0.4) is 0 Å². The van der Waals surface area contributed by atoms with Crippen molar-refractivity contribution in [2.75, 3.05) is 6.61 Å². The number of carbonyl (C=O) groups excluding carboxylic acids is 1. The van der Waals surface area contributed by atoms with Gasteiger partial charge in [0.05, 0.1) is 0 Å². The predicted octanol–water partition coefficient (Wildman–Crippen LogP) is 1.58. The summed E-state index contributed by atoms with van der Waals surface area (Å²) in [5.41, 5.74) is 0.389. The van der Waals surface area contributed by atoms with Crippen LogP contribution in [0.2, 0.25) is 0 Å². The highest BCUT2D eigenvalue weighted by molar-refractivity contribution is 5.85. The van der Waals surface area contributed by atoms with Gasteiger partial charge in [-0.05, 0) is 20.8 Å². The van der Waals surface area contributed by atoms with Crippen LogP contribution >= 0.6 is 0 Å². The number of ether oxygens (including phenoxy) is 2. The zero-order chi connectivity index (χ0) is 11.1. The summed E-state index contributed by atoms with van der Waals surface area (Å²) >= 11 is 0. The summed E-state index contributed by atoms with van der Waals surface area (Å²) in [6.45, 7) is 5.44. The van der Waals surface area contributed by atoms with Crippen LogP contribution in [-0.2, 0) is 14.3 Å². The van der Waals surface area contributed by atoms with Gasteiger partial charge in [-0.3, -0.25) is 0 Å². The normalized spacial score (nSPS) is 20.4. The Morgan fingerprint density at radius 2 is 2.21 bits per heavy atom. The quantitative estimate of drug-likeness (QED) is 0.516. The number of allylic oxidation sites excluding steroid dienone is 1. The highest BCUT2D eigenvalue weighted by Crippen LogP contribution is 2.02. The van der Waals surface area contributed by atoms with Gasteiger partial charge in [-0.15, -0.1) is 0 Å². The molecule has 0 saturated carbocycles. The summed E-state index contributed by atoms with van der Waals surface area (Å²) in [4.78, 5) is 19.9. The van der Waals surface area contributed by atoms with Crippen molar-refractivity contribution in [1.82, 2.24) is 0 Å². The Labute approximate surface area is 82.3 Å². The van der Waals surface area contributed by atoms with Crippen LogP contribution in [0, 0.1) is 0 Å². The second-order valence-electron chi connectivity index (χ2n) is 2.77. The Bertz CT molecular complexity index is 244. The summed E-state index contributed by atoms with van der Waals surface area (Å²) < 4.78 is 8.90. The zero-order valence-electron chi connectivity index (χ0n) is 8.44. The molecule has 1 atom stereocenters. The summed E-state index contributed by atoms with van der Waals surface area (Å²) in [5.74, 6) is -0.845. The van der Waals surface area contributed by atoms with E-state index in [1.165, 1.54) is 0 Å². The molecule has 1 N–H and O–H groups in total. The first-order chi connectivity index (χ1) is 6.47. The lowest BCUT2D eigenvalue weighted by Crippen LogP contribution is -2.01. The van der Waals surface area contributed by atoms with Crippen molar-refractivity contribution in [3.05, 3.63) is 11.6 Å². The third-order valence-electron chi connectivity index (χ3n) is 1.50. The largest absolute Gasteiger partial charge is 0.508 e. The van der Waals surface area contributed by atoms with E-state index in [1.807, 2.05) is 0 Å². The van der Waals surface area contributed by atoms with E-state index in [1.54, 1.807) is 26.8 Å². The van der Waals surface area contributed by atoms with Crippen LogP contribution in [0.1, 0.15) is 20.8 Å². The SMILES string of the molecule is CC1COC(=O)O1.CC=C(C)C(=O)O. The van der Waals surface area contributed by atoms with E-state index in [4.69, 9.17) is 5.11 Å². The fourth-order valence-electron chi connectivity index (χ4n) is 0.541. The minimum absolute atomic E-state index is 0.0486. The van der Waals surface area contributed by atoms with Crippen molar-refractivity contribution >= 4 is 12.1 Å². The molecule has 1 aliphatic heterocycles. The molecule has 1 fully saturated rings. The van der Waals surface area contributed by atoms with E-state index < -0.39 is 12.1 Å². The van der Waals surface area contributed by atoms with Gasteiger partial charge in [0.1, 0.15) is 12.7 Å². The van der Waals surface area contributed by atoms with E-state index in [9.17, 15) is 9.59 Å². The average Bonchev–Trinajstić information content (AvgIpc) is 2.49. The van der Waals surface area contributed by atoms with Crippen LogP contribution < -0.4 is 0 Å². The maximum absolute atomic E-state index is 10.0. The van der Waals surface area contributed by atoms with Crippen molar-refractivity contribution in [1.29, 1.82) is 0 Å². The van der Waals surface area contributed by atoms with Gasteiger partial charge in [-0.1, -0.05) is 6.08 Å². The molecule has 0 aromatic carbocycles. The Morgan fingerprint density at radius 1 is 1.64 bits per heavy atom. The number of hydrogen-bond donors (Lipinski definition) is 1. The van der Waals surface area contributed by atoms with Crippen molar-refractivity contribution in [3.63, 3.8) is 0 Å². The lowest BCUT2D eigenvalue weighted by atomic mass is 10.3. The van der Waals surface area contributed by atoms with Gasteiger partial charge in [-0.2, -0.15) is 0 Å². The fraction of sp³-hybridized carbons (Fsp3) is 0.556. The van der Waals surface area contributed by atoms with E-state index in [0.29, 0.717) is 12.2 Å². The molecule has 0 spiro atoms. The topological polar surface area (TPSA) is 72.8 Å². The smallest absolute Gasteiger partial charge is 0.478 e. The number of carboxylic acids is 1. The molecule has 0 amide bonds. The molecule has 5 heteroatoms. The first kappa shape index (κ1) is 12.5. The Kier molecular flexibility index (Phi) is 5.36. The molecule has 14 heavy (non-hydrogen) atoms. The van der Waals surface area contributed by atoms with Crippen LogP contribution in [0.5, 0.6) is 0 Å². The number of cyclic esters (lactones) is 2. The molecule has 1 heterocycles. The number of rotatable bonds is 1. The maximum Gasteiger partial charge on any atom is 0.508 e. The minimum Gasteiger partial charge on any atom is -0.478 e. The third-order valence-corrected chi connectivity index (χ3v) is 1.50. The number of hydrogen-bond acceptors (Lipinski definition) is 4. The van der Waals surface area contributed by atoms with Crippen molar-refractivity contribution < 1.29 is 24.2 Å². The fourth-order valence-corrected chi connectivity index (χ4v) is 0.541. The van der Waals surface area contributed by atoms with Gasteiger partial charge in [0.15, 0.2) is 0 Å². The van der Waals surface area contributed by atoms with Gasteiger partial charge in [0.25, 0.3) is 0 Å². The van der Waals surface area contributed by atoms with Crippen LogP contribution in [0.25, 0.3) is 0 Å². The molecule has 5 nitrogen and oxygen atoms in total. The standard InChI is InChI=1S/C5H8O2.C4H6O3/c1-3-4(2)5(6)7;1-3-2-6-4(5)7-3/h3H,1-2H3,(H,6,7);3H,2H2,1H3. The molecule has 1 rings (SSSR count). The second kappa shape index (κ2) is 6.01. The monoisotopic (exact) mass is 202 g/mol. The lowest BCUT2D eigenvalue weighted by Gasteiger charge is -1.90. The Morgan fingerprint density at radius 3 is 2.29 bits per heavy atom. The molecule has 0 aromatic rings. The lowest BCUT2D eigenvalue weighted by molar-refractivity contribution is -0.132. The Balaban J connectivity index is 0.000000241. The molecule has 1 unspecified atom stereocenters. The maximum atomic E-state index is 10.0. The molecule has 0 radical (unpaired) electrons. The summed E-state index contributed by atoms with van der Waals surface area (Å²) in [7, 11) is 0. The zero-order valence-corrected chi connectivity index (χ0v) is 8.44. The second-order valence-corrected chi connectivity index (χ2v) is 2.77. The van der Waals surface area contributed by atoms with Gasteiger partial charge in [0.2, 0.25) is 0 Å². The minimum atomic E-state index is -0.845. The third kappa shape index (κ3) is 5.18. The van der Waals surface area contributed by atoms with Gasteiger partial charge >= 0.3 is 12.1 Å². The molecule has 0 aromatic heterocycles. The highest BCUT2D eigenvalue weighted by Gasteiger charge is 2.19. The van der Waals surface area contributed by atoms with Crippen LogP contribution in [-0.4, -0.2) is 29.9 Å². The summed E-state index contributed by atoms with van der Waals surface area (Å²) in [5, 5.41) is 8.11. The number of carbonyl (C=O) groups is 2. The van der Waals surface area contributed by atoms with Crippen molar-refractivity contribution in [3.8, 4) is 0 Å². The molecule has 0 bridgehead atoms. The summed E-state index contributed by atoms with van der Waals surface area (Å²) in [6.07, 6.45) is 0.961. The molecule has 1 aliphatic rings.